The Kier molecular flexibility index (Phi) is 7.49. The van der Waals surface area contributed by atoms with Crippen molar-refractivity contribution in [3.63, 3.8) is 0 Å². The van der Waals surface area contributed by atoms with Gasteiger partial charge in [-0.05, 0) is 62.2 Å². The average Bonchev–Trinajstić information content (AvgIpc) is 2.59. The summed E-state index contributed by atoms with van der Waals surface area (Å²) in [5.74, 6) is 0.624. The number of ketones is 1. The van der Waals surface area contributed by atoms with E-state index in [0.717, 1.165) is 5.56 Å². The third-order valence-electron chi connectivity index (χ3n) is 3.88. The first-order valence-electron chi connectivity index (χ1n) is 8.35. The molecule has 4 nitrogen and oxygen atoms in total. The molecule has 1 amide bonds. The summed E-state index contributed by atoms with van der Waals surface area (Å²) >= 11 is 12.0. The van der Waals surface area contributed by atoms with E-state index in [1.54, 1.807) is 36.4 Å². The number of Topliss-reactive ketones (excluding diaryl/α,β-unsaturated/α-hetero) is 1. The molecule has 1 N–H and O–H groups in total. The molecule has 0 bridgehead atoms. The van der Waals surface area contributed by atoms with Gasteiger partial charge in [-0.1, -0.05) is 29.3 Å². The molecule has 0 aromatic heterocycles. The highest BCUT2D eigenvalue weighted by molar-refractivity contribution is 6.35. The zero-order valence-electron chi connectivity index (χ0n) is 14.7. The highest BCUT2D eigenvalue weighted by Gasteiger charge is 2.13. The van der Waals surface area contributed by atoms with Crippen molar-refractivity contribution in [3.05, 3.63) is 63.6 Å². The zero-order valence-corrected chi connectivity index (χ0v) is 16.2. The van der Waals surface area contributed by atoms with Gasteiger partial charge in [0, 0.05) is 22.0 Å². The molecule has 0 saturated carbocycles. The second-order valence-corrected chi connectivity index (χ2v) is 6.83. The number of ether oxygens (including phenoxy) is 1. The number of rotatable bonds is 8. The molecule has 26 heavy (non-hydrogen) atoms. The lowest BCUT2D eigenvalue weighted by atomic mass is 10.1. The molecule has 0 radical (unpaired) electrons. The van der Waals surface area contributed by atoms with E-state index in [2.05, 4.69) is 5.32 Å². The van der Waals surface area contributed by atoms with Crippen LogP contribution in [-0.4, -0.2) is 18.3 Å². The molecule has 2 aromatic carbocycles. The van der Waals surface area contributed by atoms with Crippen molar-refractivity contribution in [2.45, 2.75) is 32.7 Å². The Hall–Kier alpha value is -2.04. The van der Waals surface area contributed by atoms with Gasteiger partial charge in [0.25, 0.3) is 0 Å². The number of carbonyl (C=O) groups excluding carboxylic acids is 2. The maximum absolute atomic E-state index is 12.1. The molecule has 0 spiro atoms. The van der Waals surface area contributed by atoms with Gasteiger partial charge in [-0.25, -0.2) is 0 Å². The van der Waals surface area contributed by atoms with E-state index in [-0.39, 0.29) is 17.7 Å². The zero-order chi connectivity index (χ0) is 19.1. The minimum absolute atomic E-state index is 0.0168. The van der Waals surface area contributed by atoms with Crippen molar-refractivity contribution < 1.29 is 14.3 Å². The summed E-state index contributed by atoms with van der Waals surface area (Å²) in [6.07, 6.45) is 0.933. The minimum Gasteiger partial charge on any atom is -0.494 e. The van der Waals surface area contributed by atoms with Crippen LogP contribution in [0.3, 0.4) is 0 Å². The molecule has 0 aliphatic carbocycles. The Labute approximate surface area is 163 Å². The molecular weight excluding hydrogens is 373 g/mol. The fourth-order valence-electron chi connectivity index (χ4n) is 2.45. The number of amides is 1. The van der Waals surface area contributed by atoms with E-state index in [1.807, 2.05) is 13.0 Å². The van der Waals surface area contributed by atoms with Crippen LogP contribution in [0.1, 0.15) is 48.7 Å². The normalized spacial score (nSPS) is 11.7. The summed E-state index contributed by atoms with van der Waals surface area (Å²) in [6, 6.07) is 12.0. The van der Waals surface area contributed by atoms with Crippen molar-refractivity contribution in [3.8, 4) is 5.75 Å². The molecule has 6 heteroatoms. The molecule has 0 aliphatic rings. The predicted octanol–water partition coefficient (Wildman–Crippen LogP) is 5.23. The van der Waals surface area contributed by atoms with Crippen LogP contribution in [0, 0.1) is 0 Å². The van der Waals surface area contributed by atoms with Crippen LogP contribution in [-0.2, 0) is 4.79 Å². The van der Waals surface area contributed by atoms with Crippen LogP contribution in [0.4, 0.5) is 0 Å². The Morgan fingerprint density at radius 1 is 1.12 bits per heavy atom. The third kappa shape index (κ3) is 6.04. The summed E-state index contributed by atoms with van der Waals surface area (Å²) in [5, 5.41) is 4.01. The van der Waals surface area contributed by atoms with E-state index in [4.69, 9.17) is 27.9 Å². The Morgan fingerprint density at radius 3 is 2.42 bits per heavy atom. The Bertz CT molecular complexity index is 775. The number of halogens is 2. The van der Waals surface area contributed by atoms with E-state index in [0.29, 0.717) is 40.8 Å². The fraction of sp³-hybridized carbons (Fsp3) is 0.300. The highest BCUT2D eigenvalue weighted by atomic mass is 35.5. The van der Waals surface area contributed by atoms with Gasteiger partial charge < -0.3 is 10.1 Å². The van der Waals surface area contributed by atoms with Crippen molar-refractivity contribution in [1.29, 1.82) is 0 Å². The van der Waals surface area contributed by atoms with Crippen LogP contribution in [0.5, 0.6) is 5.75 Å². The number of benzene rings is 2. The quantitative estimate of drug-likeness (QED) is 0.493. The van der Waals surface area contributed by atoms with Gasteiger partial charge in [0.1, 0.15) is 5.75 Å². The van der Waals surface area contributed by atoms with Crippen LogP contribution in [0.25, 0.3) is 0 Å². The van der Waals surface area contributed by atoms with Crippen LogP contribution >= 0.6 is 23.2 Å². The van der Waals surface area contributed by atoms with Gasteiger partial charge in [-0.15, -0.1) is 0 Å². The maximum Gasteiger partial charge on any atom is 0.220 e. The summed E-state index contributed by atoms with van der Waals surface area (Å²) in [4.78, 5) is 23.3. The van der Waals surface area contributed by atoms with Gasteiger partial charge in [-0.3, -0.25) is 9.59 Å². The molecule has 2 aromatic rings. The summed E-state index contributed by atoms with van der Waals surface area (Å²) < 4.78 is 5.59. The molecule has 2 rings (SSSR count). The standard InChI is InChI=1S/C20H21Cl2NO3/c1-13(18-10-7-16(21)12-19(18)22)23-20(25)4-3-11-26-17-8-5-15(6-9-17)14(2)24/h5-10,12-13H,3-4,11H2,1-2H3,(H,23,25). The number of hydrogen-bond acceptors (Lipinski definition) is 3. The third-order valence-corrected chi connectivity index (χ3v) is 4.45. The Balaban J connectivity index is 1.73. The summed E-state index contributed by atoms with van der Waals surface area (Å²) in [6.45, 7) is 3.82. The fourth-order valence-corrected chi connectivity index (χ4v) is 3.02. The van der Waals surface area contributed by atoms with Crippen LogP contribution in [0.15, 0.2) is 42.5 Å². The molecule has 0 saturated heterocycles. The van der Waals surface area contributed by atoms with Gasteiger partial charge in [0.15, 0.2) is 5.78 Å². The second-order valence-electron chi connectivity index (χ2n) is 5.99. The molecule has 1 atom stereocenters. The largest absolute Gasteiger partial charge is 0.494 e. The smallest absolute Gasteiger partial charge is 0.220 e. The lowest BCUT2D eigenvalue weighted by Crippen LogP contribution is -2.26. The average molecular weight is 394 g/mol. The molecule has 138 valence electrons. The molecule has 0 heterocycles. The van der Waals surface area contributed by atoms with E-state index >= 15 is 0 Å². The SMILES string of the molecule is CC(=O)c1ccc(OCCCC(=O)NC(C)c2ccc(Cl)cc2Cl)cc1. The van der Waals surface area contributed by atoms with Gasteiger partial charge in [0.05, 0.1) is 12.6 Å². The first-order chi connectivity index (χ1) is 12.4. The van der Waals surface area contributed by atoms with Crippen molar-refractivity contribution >= 4 is 34.9 Å². The number of nitrogens with one attached hydrogen (secondary N) is 1. The van der Waals surface area contributed by atoms with E-state index in [1.165, 1.54) is 6.92 Å². The number of hydrogen-bond donors (Lipinski definition) is 1. The van der Waals surface area contributed by atoms with Gasteiger partial charge in [0.2, 0.25) is 5.91 Å². The monoisotopic (exact) mass is 393 g/mol. The molecular formula is C20H21Cl2NO3. The van der Waals surface area contributed by atoms with E-state index < -0.39 is 0 Å². The van der Waals surface area contributed by atoms with Gasteiger partial charge in [-0.2, -0.15) is 0 Å². The second kappa shape index (κ2) is 9.60. The molecule has 0 aliphatic heterocycles. The number of carbonyl (C=O) groups is 2. The lowest BCUT2D eigenvalue weighted by Gasteiger charge is -2.16. The van der Waals surface area contributed by atoms with Gasteiger partial charge >= 0.3 is 0 Å². The van der Waals surface area contributed by atoms with Crippen molar-refractivity contribution in [1.82, 2.24) is 5.32 Å². The Morgan fingerprint density at radius 2 is 1.81 bits per heavy atom. The van der Waals surface area contributed by atoms with E-state index in [9.17, 15) is 9.59 Å². The minimum atomic E-state index is -0.202. The lowest BCUT2D eigenvalue weighted by molar-refractivity contribution is -0.121. The van der Waals surface area contributed by atoms with Crippen molar-refractivity contribution in [2.24, 2.45) is 0 Å². The summed E-state index contributed by atoms with van der Waals surface area (Å²) in [7, 11) is 0. The van der Waals surface area contributed by atoms with Crippen LogP contribution in [0.2, 0.25) is 10.0 Å². The highest BCUT2D eigenvalue weighted by Crippen LogP contribution is 2.26. The summed E-state index contributed by atoms with van der Waals surface area (Å²) in [5.41, 5.74) is 1.47. The molecule has 1 unspecified atom stereocenters. The first kappa shape index (κ1) is 20.3. The first-order valence-corrected chi connectivity index (χ1v) is 9.10. The predicted molar refractivity (Wildman–Crippen MR) is 104 cm³/mol. The van der Waals surface area contributed by atoms with Crippen LogP contribution < -0.4 is 10.1 Å². The maximum atomic E-state index is 12.1. The van der Waals surface area contributed by atoms with Crippen molar-refractivity contribution in [2.75, 3.05) is 6.61 Å². The molecule has 0 fully saturated rings. The topological polar surface area (TPSA) is 55.4 Å².